The predicted octanol–water partition coefficient (Wildman–Crippen LogP) is 4.54. The van der Waals surface area contributed by atoms with Gasteiger partial charge in [-0.25, -0.2) is 9.37 Å². The van der Waals surface area contributed by atoms with E-state index in [-0.39, 0.29) is 29.8 Å². The zero-order valence-corrected chi connectivity index (χ0v) is 19.6. The molecule has 6 nitrogen and oxygen atoms in total. The fourth-order valence-electron chi connectivity index (χ4n) is 3.79. The van der Waals surface area contributed by atoms with E-state index in [9.17, 15) is 9.18 Å². The van der Waals surface area contributed by atoms with Crippen molar-refractivity contribution in [2.75, 3.05) is 11.9 Å². The summed E-state index contributed by atoms with van der Waals surface area (Å²) >= 11 is 0. The van der Waals surface area contributed by atoms with Gasteiger partial charge in [-0.15, -0.1) is 12.4 Å². The van der Waals surface area contributed by atoms with Gasteiger partial charge in [-0.05, 0) is 48.7 Å². The van der Waals surface area contributed by atoms with Crippen LogP contribution in [0.4, 0.5) is 10.3 Å². The van der Waals surface area contributed by atoms with Crippen molar-refractivity contribution in [3.8, 4) is 22.4 Å². The minimum atomic E-state index is -0.362. The van der Waals surface area contributed by atoms with Crippen LogP contribution >= 0.6 is 12.4 Å². The van der Waals surface area contributed by atoms with Crippen LogP contribution < -0.4 is 16.6 Å². The molecular formula is C26H27ClFN5O. The smallest absolute Gasteiger partial charge is 0.263 e. The topological polar surface area (TPSA) is 85.8 Å². The number of benzene rings is 2. The van der Waals surface area contributed by atoms with Gasteiger partial charge >= 0.3 is 0 Å². The van der Waals surface area contributed by atoms with Gasteiger partial charge in [-0.1, -0.05) is 42.5 Å². The molecule has 4 rings (SSSR count). The van der Waals surface area contributed by atoms with Crippen molar-refractivity contribution in [2.45, 2.75) is 25.9 Å². The quantitative estimate of drug-likeness (QED) is 0.387. The molecule has 4 aromatic rings. The number of rotatable bonds is 8. The van der Waals surface area contributed by atoms with Gasteiger partial charge in [0, 0.05) is 37.1 Å². The molecule has 0 aliphatic carbocycles. The normalized spacial score (nSPS) is 11.5. The lowest BCUT2D eigenvalue weighted by Crippen LogP contribution is -2.34. The third-order valence-corrected chi connectivity index (χ3v) is 5.44. The lowest BCUT2D eigenvalue weighted by Gasteiger charge is -2.19. The molecule has 0 amide bonds. The molecule has 176 valence electrons. The second-order valence-corrected chi connectivity index (χ2v) is 7.78. The van der Waals surface area contributed by atoms with Gasteiger partial charge in [0.05, 0.1) is 11.3 Å². The molecule has 0 unspecified atom stereocenters. The highest BCUT2D eigenvalue weighted by atomic mass is 35.5. The first-order chi connectivity index (χ1) is 16.1. The number of halogens is 2. The van der Waals surface area contributed by atoms with E-state index < -0.39 is 0 Å². The Hall–Kier alpha value is -3.55. The van der Waals surface area contributed by atoms with Gasteiger partial charge in [-0.2, -0.15) is 0 Å². The Kier molecular flexibility index (Phi) is 8.51. The molecule has 0 fully saturated rings. The summed E-state index contributed by atoms with van der Waals surface area (Å²) in [5.74, 6) is 0.0855. The largest absolute Gasteiger partial charge is 0.354 e. The van der Waals surface area contributed by atoms with Crippen LogP contribution in [-0.4, -0.2) is 27.1 Å². The molecule has 0 saturated carbocycles. The Labute approximate surface area is 204 Å². The van der Waals surface area contributed by atoms with E-state index in [2.05, 4.69) is 10.3 Å². The molecule has 3 N–H and O–H groups in total. The average molecular weight is 480 g/mol. The van der Waals surface area contributed by atoms with Crippen molar-refractivity contribution in [2.24, 2.45) is 5.73 Å². The second kappa shape index (κ2) is 11.5. The van der Waals surface area contributed by atoms with Crippen LogP contribution in [0.15, 0.2) is 83.9 Å². The summed E-state index contributed by atoms with van der Waals surface area (Å²) in [4.78, 5) is 22.5. The van der Waals surface area contributed by atoms with Crippen LogP contribution in [0, 0.1) is 5.82 Å². The maximum absolute atomic E-state index is 13.6. The molecular weight excluding hydrogens is 453 g/mol. The number of nitrogens with zero attached hydrogens (tertiary/aromatic N) is 3. The van der Waals surface area contributed by atoms with Gasteiger partial charge in [0.2, 0.25) is 5.95 Å². The first-order valence-electron chi connectivity index (χ1n) is 10.9. The van der Waals surface area contributed by atoms with E-state index in [4.69, 9.17) is 10.7 Å². The SMILES string of the molecule is CCn1c(NC[C@@H](N)Cc2ccccc2)nc(-c2ccncc2)c(-c2ccc(F)cc2)c1=O.Cl. The number of nitrogens with two attached hydrogens (primary N) is 1. The van der Waals surface area contributed by atoms with E-state index in [0.29, 0.717) is 42.3 Å². The van der Waals surface area contributed by atoms with Gasteiger partial charge in [0.25, 0.3) is 5.56 Å². The van der Waals surface area contributed by atoms with Crippen molar-refractivity contribution >= 4 is 18.4 Å². The minimum Gasteiger partial charge on any atom is -0.354 e. The summed E-state index contributed by atoms with van der Waals surface area (Å²) in [6, 6.07) is 19.4. The number of hydrogen-bond acceptors (Lipinski definition) is 5. The van der Waals surface area contributed by atoms with Crippen LogP contribution in [0.5, 0.6) is 0 Å². The number of aromatic nitrogens is 3. The van der Waals surface area contributed by atoms with Crippen LogP contribution in [-0.2, 0) is 13.0 Å². The maximum atomic E-state index is 13.6. The Balaban J connectivity index is 0.00000324. The Morgan fingerprint density at radius 3 is 2.32 bits per heavy atom. The van der Waals surface area contributed by atoms with E-state index in [1.165, 1.54) is 12.1 Å². The van der Waals surface area contributed by atoms with Crippen LogP contribution in [0.2, 0.25) is 0 Å². The van der Waals surface area contributed by atoms with Crippen molar-refractivity contribution in [3.63, 3.8) is 0 Å². The summed E-state index contributed by atoms with van der Waals surface area (Å²) < 4.78 is 15.1. The Morgan fingerprint density at radius 1 is 1.00 bits per heavy atom. The molecule has 0 spiro atoms. The van der Waals surface area contributed by atoms with Gasteiger partial charge in [-0.3, -0.25) is 14.3 Å². The standard InChI is InChI=1S/C26H26FN5O.ClH/c1-2-32-25(33)23(19-8-10-21(27)11-9-19)24(20-12-14-29-15-13-20)31-26(32)30-17-22(28)16-18-6-4-3-5-7-18;/h3-15,22H,2,16-17,28H2,1H3,(H,30,31);1H/t22-;/m0./s1. The molecule has 2 aromatic carbocycles. The maximum Gasteiger partial charge on any atom is 0.263 e. The number of pyridine rings is 1. The fraction of sp³-hybridized carbons (Fsp3) is 0.192. The number of nitrogens with one attached hydrogen (secondary N) is 1. The summed E-state index contributed by atoms with van der Waals surface area (Å²) in [6.45, 7) is 2.76. The molecule has 1 atom stereocenters. The molecule has 0 aliphatic rings. The van der Waals surface area contributed by atoms with E-state index >= 15 is 0 Å². The molecule has 0 bridgehead atoms. The first kappa shape index (κ1) is 25.1. The van der Waals surface area contributed by atoms with Crippen molar-refractivity contribution in [1.29, 1.82) is 0 Å². The summed E-state index contributed by atoms with van der Waals surface area (Å²) in [5, 5.41) is 3.27. The lowest BCUT2D eigenvalue weighted by atomic mass is 10.0. The third kappa shape index (κ3) is 5.68. The minimum absolute atomic E-state index is 0. The highest BCUT2D eigenvalue weighted by Crippen LogP contribution is 2.29. The van der Waals surface area contributed by atoms with E-state index in [1.807, 2.05) is 37.3 Å². The Morgan fingerprint density at radius 2 is 1.68 bits per heavy atom. The van der Waals surface area contributed by atoms with Gasteiger partial charge < -0.3 is 11.1 Å². The Bertz CT molecular complexity index is 1260. The zero-order chi connectivity index (χ0) is 23.2. The molecule has 0 radical (unpaired) electrons. The van der Waals surface area contributed by atoms with Crippen LogP contribution in [0.1, 0.15) is 12.5 Å². The summed E-state index contributed by atoms with van der Waals surface area (Å²) in [6.07, 6.45) is 4.01. The molecule has 8 heteroatoms. The lowest BCUT2D eigenvalue weighted by molar-refractivity contribution is 0.628. The fourth-order valence-corrected chi connectivity index (χ4v) is 3.79. The van der Waals surface area contributed by atoms with Crippen molar-refractivity contribution < 1.29 is 4.39 Å². The molecule has 0 aliphatic heterocycles. The van der Waals surface area contributed by atoms with E-state index in [0.717, 1.165) is 11.1 Å². The monoisotopic (exact) mass is 479 g/mol. The second-order valence-electron chi connectivity index (χ2n) is 7.78. The molecule has 0 saturated heterocycles. The summed E-state index contributed by atoms with van der Waals surface area (Å²) in [5.41, 5.74) is 9.58. The van der Waals surface area contributed by atoms with Crippen molar-refractivity contribution in [3.05, 3.63) is 101 Å². The van der Waals surface area contributed by atoms with Crippen molar-refractivity contribution in [1.82, 2.24) is 14.5 Å². The molecule has 2 aromatic heterocycles. The highest BCUT2D eigenvalue weighted by Gasteiger charge is 2.19. The van der Waals surface area contributed by atoms with Crippen LogP contribution in [0.3, 0.4) is 0 Å². The highest BCUT2D eigenvalue weighted by molar-refractivity contribution is 5.85. The third-order valence-electron chi connectivity index (χ3n) is 5.44. The van der Waals surface area contributed by atoms with Gasteiger partial charge in [0.15, 0.2) is 0 Å². The van der Waals surface area contributed by atoms with Gasteiger partial charge in [0.1, 0.15) is 5.82 Å². The molecule has 2 heterocycles. The first-order valence-corrected chi connectivity index (χ1v) is 10.9. The zero-order valence-electron chi connectivity index (χ0n) is 18.8. The summed E-state index contributed by atoms with van der Waals surface area (Å²) in [7, 11) is 0. The average Bonchev–Trinajstić information content (AvgIpc) is 2.84. The molecule has 34 heavy (non-hydrogen) atoms. The van der Waals surface area contributed by atoms with Crippen LogP contribution in [0.25, 0.3) is 22.4 Å². The number of anilines is 1. The predicted molar refractivity (Wildman–Crippen MR) is 137 cm³/mol. The number of hydrogen-bond donors (Lipinski definition) is 2. The van der Waals surface area contributed by atoms with E-state index in [1.54, 1.807) is 41.2 Å².